The van der Waals surface area contributed by atoms with Crippen LogP contribution < -0.4 is 4.89 Å². The molecule has 0 rings (SSSR count). The van der Waals surface area contributed by atoms with E-state index >= 15 is 0 Å². The molecule has 1 unspecified atom stereocenters. The predicted molar refractivity (Wildman–Crippen MR) is 222 cm³/mol. The van der Waals surface area contributed by atoms with Gasteiger partial charge < -0.3 is 27.9 Å². The van der Waals surface area contributed by atoms with E-state index in [0.29, 0.717) is 17.4 Å². The Kier molecular flexibility index (Phi) is 36.1. The lowest BCUT2D eigenvalue weighted by molar-refractivity contribution is -0.870. The molecule has 2 atom stereocenters. The third-order valence-corrected chi connectivity index (χ3v) is 10.4. The van der Waals surface area contributed by atoms with Gasteiger partial charge in [0, 0.05) is 12.8 Å². The molecule has 9 nitrogen and oxygen atoms in total. The number of ether oxygens (including phenoxy) is 2. The molecule has 0 fully saturated rings. The van der Waals surface area contributed by atoms with Crippen molar-refractivity contribution in [1.82, 2.24) is 0 Å². The Hall–Kier alpha value is -1.51. The normalized spacial score (nSPS) is 13.8. The summed E-state index contributed by atoms with van der Waals surface area (Å²) in [6.45, 7) is 4.17. The Labute approximate surface area is 332 Å². The van der Waals surface area contributed by atoms with Crippen molar-refractivity contribution in [3.8, 4) is 0 Å². The van der Waals surface area contributed by atoms with Crippen molar-refractivity contribution >= 4 is 19.8 Å². The molecule has 0 bridgehead atoms. The third kappa shape index (κ3) is 40.2. The lowest BCUT2D eigenvalue weighted by atomic mass is 10.1. The molecule has 0 N–H and O–H groups in total. The molecular formula is C44H84NO8P. The Morgan fingerprint density at radius 2 is 0.944 bits per heavy atom. The van der Waals surface area contributed by atoms with Crippen LogP contribution in [0, 0.1) is 0 Å². The number of hydrogen-bond donors (Lipinski definition) is 0. The van der Waals surface area contributed by atoms with Crippen LogP contribution in [0.3, 0.4) is 0 Å². The van der Waals surface area contributed by atoms with E-state index < -0.39 is 26.5 Å². The van der Waals surface area contributed by atoms with Crippen LogP contribution in [-0.2, 0) is 32.7 Å². The van der Waals surface area contributed by atoms with Crippen LogP contribution in [0.2, 0.25) is 0 Å². The molecule has 318 valence electrons. The van der Waals surface area contributed by atoms with Gasteiger partial charge in [0.15, 0.2) is 6.10 Å². The van der Waals surface area contributed by atoms with Crippen molar-refractivity contribution in [2.24, 2.45) is 0 Å². The molecule has 0 aromatic heterocycles. The van der Waals surface area contributed by atoms with E-state index in [1.54, 1.807) is 0 Å². The highest BCUT2D eigenvalue weighted by Crippen LogP contribution is 2.38. The molecule has 0 amide bonds. The van der Waals surface area contributed by atoms with Gasteiger partial charge in [0.05, 0.1) is 27.7 Å². The SMILES string of the molecule is CCCC/C=C/CCCCCCCCCCCC(=O)OC[C@H](COP(=O)([O-])OCC[N+](C)(C)C)OC(=O)CCCCCCCCCCC/C=C/CCCC. The smallest absolute Gasteiger partial charge is 0.306 e. The first kappa shape index (κ1) is 52.5. The van der Waals surface area contributed by atoms with Crippen LogP contribution in [0.25, 0.3) is 0 Å². The zero-order valence-electron chi connectivity index (χ0n) is 35.7. The molecule has 54 heavy (non-hydrogen) atoms. The maximum absolute atomic E-state index is 12.7. The summed E-state index contributed by atoms with van der Waals surface area (Å²) in [5, 5.41) is 0. The summed E-state index contributed by atoms with van der Waals surface area (Å²) in [5.74, 6) is -0.835. The fourth-order valence-corrected chi connectivity index (χ4v) is 6.64. The van der Waals surface area contributed by atoms with Gasteiger partial charge in [-0.3, -0.25) is 14.2 Å². The van der Waals surface area contributed by atoms with Gasteiger partial charge >= 0.3 is 11.9 Å². The number of carbonyl (C=O) groups is 2. The number of esters is 2. The standard InChI is InChI=1S/C44H84NO8P/c1-6-8-10-12-14-16-18-20-22-24-26-28-30-32-34-36-43(46)50-40-42(41-52-54(48,49)51-39-38-45(3,4)5)53-44(47)37-35-33-31-29-27-25-23-21-19-17-15-13-11-9-7-2/h12-15,42H,6-11,16-41H2,1-5H3/b14-12+,15-13+/t42-/m1/s1. The van der Waals surface area contributed by atoms with Gasteiger partial charge in [-0.25, -0.2) is 0 Å². The lowest BCUT2D eigenvalue weighted by Gasteiger charge is -2.28. The maximum atomic E-state index is 12.7. The molecular weight excluding hydrogens is 701 g/mol. The summed E-state index contributed by atoms with van der Waals surface area (Å²) < 4.78 is 33.9. The van der Waals surface area contributed by atoms with Gasteiger partial charge in [0.1, 0.15) is 19.8 Å². The van der Waals surface area contributed by atoms with Crippen LogP contribution in [-0.4, -0.2) is 70.0 Å². The second kappa shape index (κ2) is 37.1. The van der Waals surface area contributed by atoms with Gasteiger partial charge in [0.2, 0.25) is 0 Å². The zero-order valence-corrected chi connectivity index (χ0v) is 36.6. The molecule has 0 aliphatic heterocycles. The molecule has 0 heterocycles. The van der Waals surface area contributed by atoms with Gasteiger partial charge in [-0.05, 0) is 51.4 Å². The van der Waals surface area contributed by atoms with E-state index in [9.17, 15) is 19.0 Å². The second-order valence-corrected chi connectivity index (χ2v) is 17.5. The molecule has 0 aliphatic rings. The third-order valence-electron chi connectivity index (χ3n) is 9.44. The molecule has 0 aromatic carbocycles. The number of hydrogen-bond acceptors (Lipinski definition) is 8. The van der Waals surface area contributed by atoms with Crippen molar-refractivity contribution < 1.29 is 42.1 Å². The van der Waals surface area contributed by atoms with Crippen molar-refractivity contribution in [3.63, 3.8) is 0 Å². The number of phosphoric acid groups is 1. The summed E-state index contributed by atoms with van der Waals surface area (Å²) in [6.07, 6.45) is 39.1. The average Bonchev–Trinajstić information content (AvgIpc) is 3.12. The second-order valence-electron chi connectivity index (χ2n) is 16.1. The number of carbonyl (C=O) groups excluding carboxylic acids is 2. The molecule has 0 spiro atoms. The Balaban J connectivity index is 4.34. The molecule has 0 aromatic rings. The number of rotatable bonds is 40. The summed E-state index contributed by atoms with van der Waals surface area (Å²) in [7, 11) is 1.17. The van der Waals surface area contributed by atoms with E-state index in [-0.39, 0.29) is 32.0 Å². The van der Waals surface area contributed by atoms with Crippen molar-refractivity contribution in [3.05, 3.63) is 24.3 Å². The van der Waals surface area contributed by atoms with Crippen LogP contribution in [0.15, 0.2) is 24.3 Å². The number of quaternary nitrogens is 1. The molecule has 0 radical (unpaired) electrons. The predicted octanol–water partition coefficient (Wildman–Crippen LogP) is 11.7. The first-order chi connectivity index (χ1) is 26.0. The van der Waals surface area contributed by atoms with E-state index in [2.05, 4.69) is 38.2 Å². The fraction of sp³-hybridized carbons (Fsp3) is 0.864. The molecule has 0 saturated carbocycles. The Morgan fingerprint density at radius 1 is 0.556 bits per heavy atom. The van der Waals surface area contributed by atoms with Gasteiger partial charge in [-0.1, -0.05) is 154 Å². The van der Waals surface area contributed by atoms with Crippen LogP contribution in [0.5, 0.6) is 0 Å². The van der Waals surface area contributed by atoms with E-state index in [4.69, 9.17) is 18.5 Å². The molecule has 10 heteroatoms. The highest BCUT2D eigenvalue weighted by atomic mass is 31.2. The minimum atomic E-state index is -4.62. The molecule has 0 aliphatic carbocycles. The van der Waals surface area contributed by atoms with Crippen molar-refractivity contribution in [1.29, 1.82) is 0 Å². The number of allylic oxidation sites excluding steroid dienone is 4. The Bertz CT molecular complexity index is 980. The van der Waals surface area contributed by atoms with Gasteiger partial charge in [-0.2, -0.15) is 0 Å². The summed E-state index contributed by atoms with van der Waals surface area (Å²) in [6, 6.07) is 0. The monoisotopic (exact) mass is 786 g/mol. The summed E-state index contributed by atoms with van der Waals surface area (Å²) in [5.41, 5.74) is 0. The fourth-order valence-electron chi connectivity index (χ4n) is 5.91. The minimum Gasteiger partial charge on any atom is -0.756 e. The first-order valence-corrected chi connectivity index (χ1v) is 23.5. The number of nitrogens with zero attached hydrogens (tertiary/aromatic N) is 1. The summed E-state index contributed by atoms with van der Waals surface area (Å²) in [4.78, 5) is 37.5. The first-order valence-electron chi connectivity index (χ1n) is 22.0. The van der Waals surface area contributed by atoms with Crippen molar-refractivity contribution in [2.45, 2.75) is 200 Å². The van der Waals surface area contributed by atoms with Gasteiger partial charge in [0.25, 0.3) is 7.82 Å². The highest BCUT2D eigenvalue weighted by Gasteiger charge is 2.21. The summed E-state index contributed by atoms with van der Waals surface area (Å²) >= 11 is 0. The highest BCUT2D eigenvalue weighted by molar-refractivity contribution is 7.45. The van der Waals surface area contributed by atoms with E-state index in [1.165, 1.54) is 122 Å². The number of likely N-dealkylation sites (N-methyl/N-ethyl adjacent to an activating group) is 1. The van der Waals surface area contributed by atoms with Gasteiger partial charge in [-0.15, -0.1) is 0 Å². The number of unbranched alkanes of at least 4 members (excludes halogenated alkanes) is 22. The largest absolute Gasteiger partial charge is 0.756 e. The van der Waals surface area contributed by atoms with E-state index in [0.717, 1.165) is 38.5 Å². The average molecular weight is 786 g/mol. The molecule has 0 saturated heterocycles. The number of phosphoric ester groups is 1. The van der Waals surface area contributed by atoms with Crippen molar-refractivity contribution in [2.75, 3.05) is 47.5 Å². The van der Waals surface area contributed by atoms with Crippen LogP contribution >= 0.6 is 7.82 Å². The Morgan fingerprint density at radius 3 is 1.37 bits per heavy atom. The zero-order chi connectivity index (χ0) is 40.0. The van der Waals surface area contributed by atoms with Crippen LogP contribution in [0.1, 0.15) is 194 Å². The topological polar surface area (TPSA) is 111 Å². The van der Waals surface area contributed by atoms with Crippen LogP contribution in [0.4, 0.5) is 0 Å². The van der Waals surface area contributed by atoms with E-state index in [1.807, 2.05) is 21.1 Å². The lowest BCUT2D eigenvalue weighted by Crippen LogP contribution is -2.37. The maximum Gasteiger partial charge on any atom is 0.306 e. The minimum absolute atomic E-state index is 0.0302. The quantitative estimate of drug-likeness (QED) is 0.0198.